The molecule has 7 heteroatoms. The Morgan fingerprint density at radius 3 is 2.50 bits per heavy atom. The van der Waals surface area contributed by atoms with E-state index < -0.39 is 0 Å². The molecule has 2 rings (SSSR count). The Bertz CT molecular complexity index is 478. The van der Waals surface area contributed by atoms with E-state index in [9.17, 15) is 0 Å². The van der Waals surface area contributed by atoms with Gasteiger partial charge in [-0.2, -0.15) is 0 Å². The summed E-state index contributed by atoms with van der Waals surface area (Å²) >= 11 is 5.89. The summed E-state index contributed by atoms with van der Waals surface area (Å²) in [7, 11) is 1.81. The summed E-state index contributed by atoms with van der Waals surface area (Å²) in [5, 5.41) is 7.51. The van der Waals surface area contributed by atoms with Crippen LogP contribution in [0.5, 0.6) is 0 Å². The van der Waals surface area contributed by atoms with Crippen LogP contribution in [0.2, 0.25) is 5.02 Å². The lowest BCUT2D eigenvalue weighted by Crippen LogP contribution is -2.44. The third-order valence-electron chi connectivity index (χ3n) is 3.90. The second-order valence-corrected chi connectivity index (χ2v) is 6.05. The topological polar surface area (TPSA) is 48.9 Å². The van der Waals surface area contributed by atoms with Crippen molar-refractivity contribution < 1.29 is 4.74 Å². The van der Waals surface area contributed by atoms with Gasteiger partial charge >= 0.3 is 0 Å². The molecule has 0 saturated carbocycles. The second-order valence-electron chi connectivity index (χ2n) is 5.61. The van der Waals surface area contributed by atoms with Gasteiger partial charge in [0, 0.05) is 44.8 Å². The van der Waals surface area contributed by atoms with Gasteiger partial charge in [0.15, 0.2) is 5.96 Å². The highest BCUT2D eigenvalue weighted by molar-refractivity contribution is 14.0. The van der Waals surface area contributed by atoms with Gasteiger partial charge in [-0.15, -0.1) is 24.0 Å². The van der Waals surface area contributed by atoms with Gasteiger partial charge in [0.1, 0.15) is 0 Å². The molecule has 1 aromatic rings. The average Bonchev–Trinajstić information content (AvgIpc) is 2.59. The summed E-state index contributed by atoms with van der Waals surface area (Å²) in [5.41, 5.74) is 1.31. The molecule has 0 aromatic heterocycles. The summed E-state index contributed by atoms with van der Waals surface area (Å²) < 4.78 is 5.35. The Hall–Kier alpha value is -0.570. The largest absolute Gasteiger partial charge is 0.379 e. The number of aryl methyl sites for hydroxylation is 1. The lowest BCUT2D eigenvalue weighted by Gasteiger charge is -2.26. The Morgan fingerprint density at radius 1 is 1.17 bits per heavy atom. The molecule has 136 valence electrons. The minimum absolute atomic E-state index is 0. The monoisotopic (exact) mass is 466 g/mol. The fourth-order valence-electron chi connectivity index (χ4n) is 2.53. The van der Waals surface area contributed by atoms with Gasteiger partial charge in [-0.25, -0.2) is 0 Å². The molecule has 1 heterocycles. The predicted molar refractivity (Wildman–Crippen MR) is 112 cm³/mol. The van der Waals surface area contributed by atoms with E-state index in [1.54, 1.807) is 0 Å². The molecule has 2 N–H and O–H groups in total. The molecule has 0 aliphatic carbocycles. The number of nitrogens with one attached hydrogen (secondary N) is 2. The van der Waals surface area contributed by atoms with E-state index in [1.165, 1.54) is 5.56 Å². The number of guanidine groups is 1. The van der Waals surface area contributed by atoms with E-state index in [0.29, 0.717) is 0 Å². The standard InChI is InChI=1S/C17H27ClN4O.HI/c1-19-17(21-9-10-22-11-13-23-14-12-22)20-8-2-3-15-4-6-16(18)7-5-15;/h4-7H,2-3,8-14H2,1H3,(H2,19,20,21);1H. The second kappa shape index (κ2) is 12.7. The molecule has 0 radical (unpaired) electrons. The van der Waals surface area contributed by atoms with E-state index >= 15 is 0 Å². The Morgan fingerprint density at radius 2 is 1.83 bits per heavy atom. The van der Waals surface area contributed by atoms with Crippen LogP contribution >= 0.6 is 35.6 Å². The Kier molecular flexibility index (Phi) is 11.4. The highest BCUT2D eigenvalue weighted by Crippen LogP contribution is 2.10. The van der Waals surface area contributed by atoms with Crippen molar-refractivity contribution in [2.75, 3.05) is 53.0 Å². The molecule has 0 bridgehead atoms. The minimum atomic E-state index is 0. The molecule has 1 fully saturated rings. The van der Waals surface area contributed by atoms with Crippen LogP contribution < -0.4 is 10.6 Å². The number of hydrogen-bond acceptors (Lipinski definition) is 3. The Labute approximate surface area is 167 Å². The zero-order valence-corrected chi connectivity index (χ0v) is 17.3. The third kappa shape index (κ3) is 8.50. The predicted octanol–water partition coefficient (Wildman–Crippen LogP) is 2.39. The molecular formula is C17H28ClIN4O. The maximum Gasteiger partial charge on any atom is 0.191 e. The molecule has 1 aromatic carbocycles. The van der Waals surface area contributed by atoms with E-state index in [2.05, 4.69) is 32.7 Å². The molecule has 0 amide bonds. The van der Waals surface area contributed by atoms with Crippen LogP contribution in [0.4, 0.5) is 0 Å². The lowest BCUT2D eigenvalue weighted by atomic mass is 10.1. The molecule has 0 atom stereocenters. The number of rotatable bonds is 7. The SMILES string of the molecule is CN=C(NCCCc1ccc(Cl)cc1)NCCN1CCOCC1.I. The molecule has 0 unspecified atom stereocenters. The quantitative estimate of drug-likeness (QED) is 0.280. The van der Waals surface area contributed by atoms with Crippen molar-refractivity contribution in [1.29, 1.82) is 0 Å². The van der Waals surface area contributed by atoms with Crippen molar-refractivity contribution in [2.45, 2.75) is 12.8 Å². The van der Waals surface area contributed by atoms with Gasteiger partial charge < -0.3 is 15.4 Å². The smallest absolute Gasteiger partial charge is 0.191 e. The zero-order valence-electron chi connectivity index (χ0n) is 14.3. The summed E-state index contributed by atoms with van der Waals surface area (Å²) in [6.45, 7) is 6.56. The van der Waals surface area contributed by atoms with Gasteiger partial charge in [0.2, 0.25) is 0 Å². The molecule has 1 aliphatic rings. The molecule has 1 aliphatic heterocycles. The van der Waals surface area contributed by atoms with Crippen LogP contribution in [0.1, 0.15) is 12.0 Å². The van der Waals surface area contributed by atoms with Crippen LogP contribution in [-0.2, 0) is 11.2 Å². The summed E-state index contributed by atoms with van der Waals surface area (Å²) in [6.07, 6.45) is 2.10. The molecule has 0 spiro atoms. The van der Waals surface area contributed by atoms with Crippen LogP contribution in [0.25, 0.3) is 0 Å². The summed E-state index contributed by atoms with van der Waals surface area (Å²) in [5.74, 6) is 0.870. The van der Waals surface area contributed by atoms with Crippen molar-refractivity contribution >= 4 is 41.5 Å². The highest BCUT2D eigenvalue weighted by Gasteiger charge is 2.09. The van der Waals surface area contributed by atoms with Gasteiger partial charge in [-0.3, -0.25) is 9.89 Å². The lowest BCUT2D eigenvalue weighted by molar-refractivity contribution is 0.0389. The molecule has 24 heavy (non-hydrogen) atoms. The molecular weight excluding hydrogens is 439 g/mol. The van der Waals surface area contributed by atoms with E-state index in [1.807, 2.05) is 19.2 Å². The highest BCUT2D eigenvalue weighted by atomic mass is 127. The number of morpholine rings is 1. The fourth-order valence-corrected chi connectivity index (χ4v) is 2.65. The van der Waals surface area contributed by atoms with E-state index in [-0.39, 0.29) is 24.0 Å². The van der Waals surface area contributed by atoms with Crippen LogP contribution in [0.15, 0.2) is 29.3 Å². The fraction of sp³-hybridized carbons (Fsp3) is 0.588. The number of hydrogen-bond donors (Lipinski definition) is 2. The van der Waals surface area contributed by atoms with Gasteiger partial charge in [-0.05, 0) is 30.5 Å². The van der Waals surface area contributed by atoms with Gasteiger partial charge in [-0.1, -0.05) is 23.7 Å². The van der Waals surface area contributed by atoms with Crippen LogP contribution in [0, 0.1) is 0 Å². The maximum absolute atomic E-state index is 5.89. The normalized spacial score (nSPS) is 15.7. The minimum Gasteiger partial charge on any atom is -0.379 e. The van der Waals surface area contributed by atoms with Gasteiger partial charge in [0.25, 0.3) is 0 Å². The van der Waals surface area contributed by atoms with Crippen molar-refractivity contribution in [1.82, 2.24) is 15.5 Å². The zero-order chi connectivity index (χ0) is 16.3. The first kappa shape index (κ1) is 21.5. The molecule has 1 saturated heterocycles. The van der Waals surface area contributed by atoms with Crippen LogP contribution in [-0.4, -0.2) is 63.8 Å². The van der Waals surface area contributed by atoms with Crippen molar-refractivity contribution in [3.8, 4) is 0 Å². The number of aliphatic imine (C=N–C) groups is 1. The summed E-state index contributed by atoms with van der Waals surface area (Å²) in [4.78, 5) is 6.67. The average molecular weight is 467 g/mol. The van der Waals surface area contributed by atoms with E-state index in [0.717, 1.165) is 69.8 Å². The van der Waals surface area contributed by atoms with Crippen molar-refractivity contribution in [3.05, 3.63) is 34.9 Å². The number of nitrogens with zero attached hydrogens (tertiary/aromatic N) is 2. The number of benzene rings is 1. The van der Waals surface area contributed by atoms with Crippen molar-refractivity contribution in [2.24, 2.45) is 4.99 Å². The number of halogens is 2. The molecule has 5 nitrogen and oxygen atoms in total. The third-order valence-corrected chi connectivity index (χ3v) is 4.15. The van der Waals surface area contributed by atoms with Gasteiger partial charge in [0.05, 0.1) is 13.2 Å². The Balaban J connectivity index is 0.00000288. The first-order valence-electron chi connectivity index (χ1n) is 8.27. The first-order valence-corrected chi connectivity index (χ1v) is 8.65. The van der Waals surface area contributed by atoms with Crippen molar-refractivity contribution in [3.63, 3.8) is 0 Å². The number of ether oxygens (including phenoxy) is 1. The van der Waals surface area contributed by atoms with E-state index in [4.69, 9.17) is 16.3 Å². The van der Waals surface area contributed by atoms with Crippen LogP contribution in [0.3, 0.4) is 0 Å². The summed E-state index contributed by atoms with van der Waals surface area (Å²) in [6, 6.07) is 8.04. The maximum atomic E-state index is 5.89. The first-order chi connectivity index (χ1) is 11.3.